The van der Waals surface area contributed by atoms with Gasteiger partial charge in [0.25, 0.3) is 0 Å². The molecule has 0 amide bonds. The zero-order valence-electron chi connectivity index (χ0n) is 11.5. The topological polar surface area (TPSA) is 91.7 Å². The summed E-state index contributed by atoms with van der Waals surface area (Å²) in [4.78, 5) is 16.9. The fourth-order valence-corrected chi connectivity index (χ4v) is 2.37. The van der Waals surface area contributed by atoms with Crippen LogP contribution in [-0.2, 0) is 12.8 Å². The Hall–Kier alpha value is -2.18. The Kier molecular flexibility index (Phi) is 3.49. The minimum atomic E-state index is 0.166. The Morgan fingerprint density at radius 2 is 2.10 bits per heavy atom. The van der Waals surface area contributed by atoms with Crippen LogP contribution in [0.25, 0.3) is 5.95 Å². The summed E-state index contributed by atoms with van der Waals surface area (Å²) in [5.74, 6) is 0.651. The molecule has 0 bridgehead atoms. The van der Waals surface area contributed by atoms with Crippen molar-refractivity contribution >= 4 is 5.95 Å². The van der Waals surface area contributed by atoms with Crippen LogP contribution in [0, 0.1) is 0 Å². The number of anilines is 1. The van der Waals surface area contributed by atoms with Crippen molar-refractivity contribution in [3.05, 3.63) is 17.7 Å². The number of nitrogens with zero attached hydrogens (tertiary/aromatic N) is 5. The molecular formula is C13H18N6O. The van der Waals surface area contributed by atoms with Gasteiger partial charge in [-0.1, -0.05) is 6.92 Å². The van der Waals surface area contributed by atoms with Crippen molar-refractivity contribution in [3.8, 4) is 12.0 Å². The summed E-state index contributed by atoms with van der Waals surface area (Å²) >= 11 is 0. The van der Waals surface area contributed by atoms with E-state index in [0.29, 0.717) is 12.6 Å². The second kappa shape index (κ2) is 5.44. The molecule has 0 saturated heterocycles. The third kappa shape index (κ3) is 2.43. The number of hydrogen-bond donors (Lipinski definition) is 1. The number of nitrogen functional groups attached to an aromatic ring is 1. The van der Waals surface area contributed by atoms with Crippen LogP contribution in [0.1, 0.15) is 37.6 Å². The molecule has 2 N–H and O–H groups in total. The van der Waals surface area contributed by atoms with Gasteiger partial charge >= 0.3 is 6.01 Å². The van der Waals surface area contributed by atoms with Gasteiger partial charge in [0, 0.05) is 5.69 Å². The van der Waals surface area contributed by atoms with E-state index in [4.69, 9.17) is 10.5 Å². The van der Waals surface area contributed by atoms with Crippen LogP contribution in [0.3, 0.4) is 0 Å². The fraction of sp³-hybridized carbons (Fsp3) is 0.538. The lowest BCUT2D eigenvalue weighted by molar-refractivity contribution is 0.291. The first-order valence-corrected chi connectivity index (χ1v) is 6.97. The molecule has 20 heavy (non-hydrogen) atoms. The molecule has 0 radical (unpaired) electrons. The number of aryl methyl sites for hydroxylation is 1. The molecule has 3 rings (SSSR count). The van der Waals surface area contributed by atoms with Gasteiger partial charge in [0.2, 0.25) is 11.9 Å². The predicted molar refractivity (Wildman–Crippen MR) is 73.8 cm³/mol. The van der Waals surface area contributed by atoms with E-state index >= 15 is 0 Å². The molecule has 0 spiro atoms. The van der Waals surface area contributed by atoms with E-state index in [2.05, 4.69) is 19.9 Å². The van der Waals surface area contributed by atoms with Gasteiger partial charge in [-0.15, -0.1) is 0 Å². The number of nitrogens with two attached hydrogens (primary N) is 1. The zero-order valence-corrected chi connectivity index (χ0v) is 11.5. The molecule has 0 atom stereocenters. The van der Waals surface area contributed by atoms with Gasteiger partial charge in [0.05, 0.1) is 12.3 Å². The van der Waals surface area contributed by atoms with Gasteiger partial charge in [-0.2, -0.15) is 15.0 Å². The third-order valence-corrected chi connectivity index (χ3v) is 3.30. The Balaban J connectivity index is 1.97. The lowest BCUT2D eigenvalue weighted by atomic mass is 10.0. The predicted octanol–water partition coefficient (Wildman–Crippen LogP) is 1.31. The molecule has 2 heterocycles. The second-order valence-electron chi connectivity index (χ2n) is 4.84. The minimum absolute atomic E-state index is 0.166. The minimum Gasteiger partial charge on any atom is -0.463 e. The van der Waals surface area contributed by atoms with Crippen molar-refractivity contribution in [1.29, 1.82) is 0 Å². The number of rotatable bonds is 4. The van der Waals surface area contributed by atoms with Gasteiger partial charge in [0.1, 0.15) is 6.33 Å². The fourth-order valence-electron chi connectivity index (χ4n) is 2.37. The van der Waals surface area contributed by atoms with Crippen molar-refractivity contribution < 1.29 is 4.74 Å². The Morgan fingerprint density at radius 1 is 1.25 bits per heavy atom. The summed E-state index contributed by atoms with van der Waals surface area (Å²) in [5, 5.41) is 0. The first kappa shape index (κ1) is 12.8. The molecule has 1 aliphatic rings. The van der Waals surface area contributed by atoms with Crippen LogP contribution in [0.2, 0.25) is 0 Å². The average Bonchev–Trinajstić information content (AvgIpc) is 2.88. The first-order chi connectivity index (χ1) is 9.78. The van der Waals surface area contributed by atoms with Gasteiger partial charge in [0.15, 0.2) is 0 Å². The molecule has 0 aliphatic heterocycles. The smallest absolute Gasteiger partial charge is 0.323 e. The standard InChI is InChI=1S/C13H18N6O/c1-2-7-20-13-17-11(14)16-12(18-13)19-8-15-9-5-3-4-6-10(9)19/h8H,2-7H2,1H3,(H2,14,16,17,18). The van der Waals surface area contributed by atoms with Gasteiger partial charge < -0.3 is 10.5 Å². The van der Waals surface area contributed by atoms with E-state index in [-0.39, 0.29) is 12.0 Å². The van der Waals surface area contributed by atoms with E-state index in [1.54, 1.807) is 6.33 Å². The summed E-state index contributed by atoms with van der Waals surface area (Å²) in [5.41, 5.74) is 8.04. The van der Waals surface area contributed by atoms with Crippen LogP contribution in [0.5, 0.6) is 6.01 Å². The summed E-state index contributed by atoms with van der Waals surface area (Å²) in [6.45, 7) is 2.59. The molecule has 7 heteroatoms. The summed E-state index contributed by atoms with van der Waals surface area (Å²) in [6, 6.07) is 0.271. The zero-order chi connectivity index (χ0) is 13.9. The number of ether oxygens (including phenoxy) is 1. The molecule has 0 aromatic carbocycles. The summed E-state index contributed by atoms with van der Waals surface area (Å²) < 4.78 is 7.34. The maximum absolute atomic E-state index is 5.74. The van der Waals surface area contributed by atoms with E-state index in [0.717, 1.165) is 25.0 Å². The van der Waals surface area contributed by atoms with Crippen LogP contribution < -0.4 is 10.5 Å². The Morgan fingerprint density at radius 3 is 2.95 bits per heavy atom. The Labute approximate surface area is 117 Å². The quantitative estimate of drug-likeness (QED) is 0.903. The number of fused-ring (bicyclic) bond motifs is 1. The maximum atomic E-state index is 5.74. The molecule has 0 saturated carbocycles. The van der Waals surface area contributed by atoms with Crippen molar-refractivity contribution in [1.82, 2.24) is 24.5 Å². The number of imidazole rings is 1. The highest BCUT2D eigenvalue weighted by molar-refractivity contribution is 5.30. The van der Waals surface area contributed by atoms with Crippen molar-refractivity contribution in [2.24, 2.45) is 0 Å². The molecule has 2 aromatic heterocycles. The molecule has 0 fully saturated rings. The number of aromatic nitrogens is 5. The van der Waals surface area contributed by atoms with E-state index in [1.165, 1.54) is 18.5 Å². The second-order valence-corrected chi connectivity index (χ2v) is 4.84. The largest absolute Gasteiger partial charge is 0.463 e. The summed E-state index contributed by atoms with van der Waals surface area (Å²) in [7, 11) is 0. The lowest BCUT2D eigenvalue weighted by Gasteiger charge is -2.13. The van der Waals surface area contributed by atoms with Crippen LogP contribution in [0.4, 0.5) is 5.95 Å². The van der Waals surface area contributed by atoms with Crippen molar-refractivity contribution in [2.75, 3.05) is 12.3 Å². The third-order valence-electron chi connectivity index (χ3n) is 3.30. The van der Waals surface area contributed by atoms with Crippen LogP contribution in [0.15, 0.2) is 6.33 Å². The van der Waals surface area contributed by atoms with E-state index < -0.39 is 0 Å². The molecule has 7 nitrogen and oxygen atoms in total. The molecule has 0 unspecified atom stereocenters. The molecular weight excluding hydrogens is 256 g/mol. The molecule has 2 aromatic rings. The Bertz CT molecular complexity index is 609. The van der Waals surface area contributed by atoms with E-state index in [9.17, 15) is 0 Å². The molecule has 106 valence electrons. The molecule has 1 aliphatic carbocycles. The maximum Gasteiger partial charge on any atom is 0.323 e. The van der Waals surface area contributed by atoms with Gasteiger partial charge in [-0.3, -0.25) is 4.57 Å². The number of hydrogen-bond acceptors (Lipinski definition) is 6. The summed E-state index contributed by atoms with van der Waals surface area (Å²) in [6.07, 6.45) is 7.01. The van der Waals surface area contributed by atoms with E-state index in [1.807, 2.05) is 11.5 Å². The average molecular weight is 274 g/mol. The highest BCUT2D eigenvalue weighted by Crippen LogP contribution is 2.22. The van der Waals surface area contributed by atoms with Crippen molar-refractivity contribution in [2.45, 2.75) is 39.0 Å². The SMILES string of the molecule is CCCOc1nc(N)nc(-n2cnc3c2CCCC3)n1. The van der Waals surface area contributed by atoms with Crippen LogP contribution >= 0.6 is 0 Å². The first-order valence-electron chi connectivity index (χ1n) is 6.97. The van der Waals surface area contributed by atoms with Crippen LogP contribution in [-0.4, -0.2) is 31.1 Å². The van der Waals surface area contributed by atoms with Gasteiger partial charge in [-0.25, -0.2) is 4.98 Å². The normalized spacial score (nSPS) is 14.1. The van der Waals surface area contributed by atoms with Crippen molar-refractivity contribution in [3.63, 3.8) is 0 Å². The highest BCUT2D eigenvalue weighted by atomic mass is 16.5. The highest BCUT2D eigenvalue weighted by Gasteiger charge is 2.18. The lowest BCUT2D eigenvalue weighted by Crippen LogP contribution is -2.12. The monoisotopic (exact) mass is 274 g/mol. The van der Waals surface area contributed by atoms with Gasteiger partial charge in [-0.05, 0) is 32.1 Å².